The first-order valence-corrected chi connectivity index (χ1v) is 4.97. The molecule has 0 saturated carbocycles. The lowest BCUT2D eigenvalue weighted by molar-refractivity contribution is -0.138. The molecule has 2 nitrogen and oxygen atoms in total. The van der Waals surface area contributed by atoms with Gasteiger partial charge >= 0.3 is 6.18 Å². The van der Waals surface area contributed by atoms with E-state index in [9.17, 15) is 18.0 Å². The second-order valence-electron chi connectivity index (χ2n) is 3.35. The Bertz CT molecular complexity index is 490. The lowest BCUT2D eigenvalue weighted by Crippen LogP contribution is -2.14. The van der Waals surface area contributed by atoms with Crippen LogP contribution in [0.15, 0.2) is 18.2 Å². The van der Waals surface area contributed by atoms with Crippen LogP contribution in [0.2, 0.25) is 0 Å². The van der Waals surface area contributed by atoms with Gasteiger partial charge in [-0.25, -0.2) is 0 Å². The normalized spacial score (nSPS) is 12.9. The van der Waals surface area contributed by atoms with Crippen LogP contribution < -0.4 is 0 Å². The Hall–Kier alpha value is -1.54. The number of ketones is 1. The molecule has 1 aromatic rings. The molecule has 0 fully saturated rings. The summed E-state index contributed by atoms with van der Waals surface area (Å²) in [5.41, 5.74) is -1.77. The van der Waals surface area contributed by atoms with Crippen molar-refractivity contribution in [2.75, 3.05) is 0 Å². The SMILES string of the molecule is CC(=O)C(Cl)c1c(C#N)cccc1C(F)(F)F. The Morgan fingerprint density at radius 2 is 2.06 bits per heavy atom. The molecule has 1 atom stereocenters. The van der Waals surface area contributed by atoms with Crippen LogP contribution in [0.5, 0.6) is 0 Å². The maximum absolute atomic E-state index is 12.7. The molecule has 1 aromatic carbocycles. The lowest BCUT2D eigenvalue weighted by Gasteiger charge is -2.16. The van der Waals surface area contributed by atoms with E-state index in [1.165, 1.54) is 6.07 Å². The molecular formula is C11H7ClF3NO. The van der Waals surface area contributed by atoms with Crippen LogP contribution >= 0.6 is 11.6 Å². The molecular weight excluding hydrogens is 255 g/mol. The largest absolute Gasteiger partial charge is 0.416 e. The summed E-state index contributed by atoms with van der Waals surface area (Å²) in [6, 6.07) is 4.71. The maximum atomic E-state index is 12.7. The number of nitrogens with zero attached hydrogens (tertiary/aromatic N) is 1. The van der Waals surface area contributed by atoms with E-state index in [2.05, 4.69) is 0 Å². The van der Waals surface area contributed by atoms with E-state index in [4.69, 9.17) is 16.9 Å². The van der Waals surface area contributed by atoms with E-state index in [0.29, 0.717) is 0 Å². The molecule has 0 saturated heterocycles. The van der Waals surface area contributed by atoms with E-state index in [1.54, 1.807) is 6.07 Å². The minimum absolute atomic E-state index is 0.241. The van der Waals surface area contributed by atoms with Crippen molar-refractivity contribution in [3.05, 3.63) is 34.9 Å². The summed E-state index contributed by atoms with van der Waals surface area (Å²) in [6.07, 6.45) is -4.65. The van der Waals surface area contributed by atoms with Crippen molar-refractivity contribution in [2.24, 2.45) is 0 Å². The van der Waals surface area contributed by atoms with Gasteiger partial charge in [0.15, 0.2) is 5.78 Å². The molecule has 0 aliphatic rings. The zero-order chi connectivity index (χ0) is 13.2. The van der Waals surface area contributed by atoms with E-state index in [-0.39, 0.29) is 5.56 Å². The Morgan fingerprint density at radius 3 is 2.47 bits per heavy atom. The minimum atomic E-state index is -4.65. The Morgan fingerprint density at radius 1 is 1.47 bits per heavy atom. The fourth-order valence-corrected chi connectivity index (χ4v) is 1.62. The molecule has 0 aromatic heterocycles. The number of halogens is 4. The first kappa shape index (κ1) is 13.5. The average Bonchev–Trinajstić information content (AvgIpc) is 2.25. The summed E-state index contributed by atoms with van der Waals surface area (Å²) in [7, 11) is 0. The van der Waals surface area contributed by atoms with Gasteiger partial charge in [-0.05, 0) is 19.1 Å². The molecule has 17 heavy (non-hydrogen) atoms. The third kappa shape index (κ3) is 2.77. The number of carbonyl (C=O) groups excluding carboxylic acids is 1. The molecule has 0 aliphatic carbocycles. The van der Waals surface area contributed by atoms with Crippen molar-refractivity contribution in [2.45, 2.75) is 18.5 Å². The number of Topliss-reactive ketones (excluding diaryl/α,β-unsaturated/α-hetero) is 1. The minimum Gasteiger partial charge on any atom is -0.298 e. The van der Waals surface area contributed by atoms with E-state index >= 15 is 0 Å². The number of nitriles is 1. The van der Waals surface area contributed by atoms with Gasteiger partial charge in [-0.15, -0.1) is 11.6 Å². The van der Waals surface area contributed by atoms with Crippen LogP contribution in [0.1, 0.15) is 29.0 Å². The predicted molar refractivity (Wildman–Crippen MR) is 55.4 cm³/mol. The van der Waals surface area contributed by atoms with Gasteiger partial charge in [-0.3, -0.25) is 4.79 Å². The molecule has 0 radical (unpaired) electrons. The monoisotopic (exact) mass is 261 g/mol. The molecule has 0 aliphatic heterocycles. The third-order valence-corrected chi connectivity index (χ3v) is 2.67. The number of carbonyl (C=O) groups is 1. The molecule has 0 bridgehead atoms. The number of benzene rings is 1. The van der Waals surface area contributed by atoms with Gasteiger partial charge < -0.3 is 0 Å². The van der Waals surface area contributed by atoms with Crippen LogP contribution in [-0.2, 0) is 11.0 Å². The molecule has 0 N–H and O–H groups in total. The summed E-state index contributed by atoms with van der Waals surface area (Å²) in [4.78, 5) is 11.1. The highest BCUT2D eigenvalue weighted by Crippen LogP contribution is 2.38. The molecule has 0 heterocycles. The van der Waals surface area contributed by atoms with Crippen LogP contribution in [0, 0.1) is 11.3 Å². The highest BCUT2D eigenvalue weighted by molar-refractivity contribution is 6.31. The quantitative estimate of drug-likeness (QED) is 0.765. The number of hydrogen-bond acceptors (Lipinski definition) is 2. The van der Waals surface area contributed by atoms with Gasteiger partial charge in [-0.1, -0.05) is 6.07 Å². The smallest absolute Gasteiger partial charge is 0.298 e. The van der Waals surface area contributed by atoms with Gasteiger partial charge in [0.1, 0.15) is 5.38 Å². The fraction of sp³-hybridized carbons (Fsp3) is 0.273. The number of rotatable bonds is 2. The molecule has 0 spiro atoms. The van der Waals surface area contributed by atoms with Crippen molar-refractivity contribution < 1.29 is 18.0 Å². The maximum Gasteiger partial charge on any atom is 0.416 e. The first-order chi connectivity index (χ1) is 7.79. The van der Waals surface area contributed by atoms with Crippen LogP contribution in [0.4, 0.5) is 13.2 Å². The van der Waals surface area contributed by atoms with Gasteiger partial charge in [0.2, 0.25) is 0 Å². The second-order valence-corrected chi connectivity index (χ2v) is 3.79. The van der Waals surface area contributed by atoms with Crippen molar-refractivity contribution in [1.82, 2.24) is 0 Å². The molecule has 1 rings (SSSR count). The van der Waals surface area contributed by atoms with Gasteiger partial charge in [0.05, 0.1) is 17.2 Å². The van der Waals surface area contributed by atoms with Gasteiger partial charge in [-0.2, -0.15) is 18.4 Å². The summed E-state index contributed by atoms with van der Waals surface area (Å²) >= 11 is 5.64. The van der Waals surface area contributed by atoms with Crippen molar-refractivity contribution >= 4 is 17.4 Å². The van der Waals surface area contributed by atoms with E-state index in [0.717, 1.165) is 19.1 Å². The standard InChI is InChI=1S/C11H7ClF3NO/c1-6(17)10(12)9-7(5-16)3-2-4-8(9)11(13,14)15/h2-4,10H,1H3. The average molecular weight is 262 g/mol. The highest BCUT2D eigenvalue weighted by Gasteiger charge is 2.37. The Kier molecular flexibility index (Phi) is 3.79. The number of alkyl halides is 4. The summed E-state index contributed by atoms with van der Waals surface area (Å²) < 4.78 is 38.1. The molecule has 1 unspecified atom stereocenters. The molecule has 90 valence electrons. The highest BCUT2D eigenvalue weighted by atomic mass is 35.5. The van der Waals surface area contributed by atoms with E-state index in [1.807, 2.05) is 0 Å². The summed E-state index contributed by atoms with van der Waals surface area (Å²) in [5, 5.41) is 7.28. The fourth-order valence-electron chi connectivity index (χ4n) is 1.39. The summed E-state index contributed by atoms with van der Waals surface area (Å²) in [6.45, 7) is 1.08. The first-order valence-electron chi connectivity index (χ1n) is 4.53. The zero-order valence-corrected chi connectivity index (χ0v) is 9.43. The Balaban J connectivity index is 3.53. The second kappa shape index (κ2) is 4.76. The third-order valence-electron chi connectivity index (χ3n) is 2.14. The van der Waals surface area contributed by atoms with Crippen molar-refractivity contribution in [3.8, 4) is 6.07 Å². The molecule has 0 amide bonds. The Labute approximate surface area is 101 Å². The lowest BCUT2D eigenvalue weighted by atomic mass is 9.96. The zero-order valence-electron chi connectivity index (χ0n) is 8.68. The van der Waals surface area contributed by atoms with Crippen molar-refractivity contribution in [1.29, 1.82) is 5.26 Å². The van der Waals surface area contributed by atoms with Crippen LogP contribution in [-0.4, -0.2) is 5.78 Å². The molecule has 6 heteroatoms. The predicted octanol–water partition coefficient (Wildman–Crippen LogP) is 3.45. The topological polar surface area (TPSA) is 40.9 Å². The van der Waals surface area contributed by atoms with Crippen LogP contribution in [0.3, 0.4) is 0 Å². The van der Waals surface area contributed by atoms with Crippen molar-refractivity contribution in [3.63, 3.8) is 0 Å². The van der Waals surface area contributed by atoms with Crippen LogP contribution in [0.25, 0.3) is 0 Å². The van der Waals surface area contributed by atoms with Gasteiger partial charge in [0, 0.05) is 5.56 Å². The van der Waals surface area contributed by atoms with E-state index < -0.39 is 28.5 Å². The van der Waals surface area contributed by atoms with Gasteiger partial charge in [0.25, 0.3) is 0 Å². The summed E-state index contributed by atoms with van der Waals surface area (Å²) in [5.74, 6) is -0.639. The number of hydrogen-bond donors (Lipinski definition) is 0.